The molecule has 0 atom stereocenters. The van der Waals surface area contributed by atoms with Crippen LogP contribution in [-0.2, 0) is 11.3 Å². The third kappa shape index (κ3) is 1.68. The summed E-state index contributed by atoms with van der Waals surface area (Å²) in [5.41, 5.74) is 0.930. The number of aliphatic carboxylic acids is 1. The highest BCUT2D eigenvalue weighted by Crippen LogP contribution is 2.22. The van der Waals surface area contributed by atoms with Gasteiger partial charge in [-0.05, 0) is 17.7 Å². The van der Waals surface area contributed by atoms with Crippen LogP contribution < -0.4 is 0 Å². The van der Waals surface area contributed by atoms with E-state index in [4.69, 9.17) is 5.11 Å². The molecule has 1 aromatic carbocycles. The second kappa shape index (κ2) is 3.34. The molecular formula is C10H8FNO3. The van der Waals surface area contributed by atoms with Crippen molar-refractivity contribution in [3.63, 3.8) is 0 Å². The number of nitrogens with zero attached hydrogens (tertiary/aromatic N) is 1. The van der Waals surface area contributed by atoms with E-state index in [0.29, 0.717) is 5.56 Å². The van der Waals surface area contributed by atoms with Crippen molar-refractivity contribution >= 4 is 11.9 Å². The Balaban J connectivity index is 2.29. The summed E-state index contributed by atoms with van der Waals surface area (Å²) in [6.07, 6.45) is 0. The molecule has 1 N–H and O–H groups in total. The number of amides is 1. The molecule has 5 heteroatoms. The van der Waals surface area contributed by atoms with E-state index < -0.39 is 17.7 Å². The van der Waals surface area contributed by atoms with Crippen LogP contribution >= 0.6 is 0 Å². The Morgan fingerprint density at radius 2 is 2.27 bits per heavy atom. The van der Waals surface area contributed by atoms with Gasteiger partial charge in [0.1, 0.15) is 12.4 Å². The number of halogens is 1. The van der Waals surface area contributed by atoms with Gasteiger partial charge in [0, 0.05) is 12.1 Å². The molecule has 1 amide bonds. The van der Waals surface area contributed by atoms with E-state index in [2.05, 4.69) is 0 Å². The summed E-state index contributed by atoms with van der Waals surface area (Å²) in [6.45, 7) is -0.115. The third-order valence-corrected chi connectivity index (χ3v) is 2.28. The summed E-state index contributed by atoms with van der Waals surface area (Å²) < 4.78 is 12.8. The lowest BCUT2D eigenvalue weighted by atomic mass is 10.1. The van der Waals surface area contributed by atoms with Gasteiger partial charge in [0.2, 0.25) is 0 Å². The standard InChI is InChI=1S/C10H8FNO3/c11-7-2-1-6-4-12(5-9(13)14)10(15)8(6)3-7/h1-3H,4-5H2,(H,13,14). The monoisotopic (exact) mass is 209 g/mol. The molecule has 1 heterocycles. The molecule has 0 saturated heterocycles. The van der Waals surface area contributed by atoms with E-state index in [-0.39, 0.29) is 18.7 Å². The first-order valence-corrected chi connectivity index (χ1v) is 4.37. The third-order valence-electron chi connectivity index (χ3n) is 2.28. The minimum Gasteiger partial charge on any atom is -0.480 e. The molecule has 4 nitrogen and oxygen atoms in total. The number of benzene rings is 1. The molecule has 1 aliphatic heterocycles. The van der Waals surface area contributed by atoms with Crippen LogP contribution in [0.3, 0.4) is 0 Å². The minimum absolute atomic E-state index is 0.237. The second-order valence-corrected chi connectivity index (χ2v) is 3.36. The van der Waals surface area contributed by atoms with Crippen LogP contribution in [0, 0.1) is 5.82 Å². The number of carboxylic acids is 1. The van der Waals surface area contributed by atoms with Gasteiger partial charge < -0.3 is 10.0 Å². The van der Waals surface area contributed by atoms with E-state index in [9.17, 15) is 14.0 Å². The molecule has 0 aromatic heterocycles. The summed E-state index contributed by atoms with van der Waals surface area (Å²) in [5, 5.41) is 8.56. The van der Waals surface area contributed by atoms with Gasteiger partial charge in [0.25, 0.3) is 5.91 Å². The maximum absolute atomic E-state index is 12.8. The SMILES string of the molecule is O=C(O)CN1Cc2ccc(F)cc2C1=O. The van der Waals surface area contributed by atoms with Crippen molar-refractivity contribution in [3.8, 4) is 0 Å². The number of hydrogen-bond donors (Lipinski definition) is 1. The van der Waals surface area contributed by atoms with Crippen molar-refractivity contribution < 1.29 is 19.1 Å². The molecule has 78 valence electrons. The molecule has 2 rings (SSSR count). The van der Waals surface area contributed by atoms with E-state index in [0.717, 1.165) is 6.07 Å². The Labute approximate surface area is 84.9 Å². The van der Waals surface area contributed by atoms with Gasteiger partial charge in [-0.15, -0.1) is 0 Å². The molecule has 0 bridgehead atoms. The fourth-order valence-electron chi connectivity index (χ4n) is 1.62. The summed E-state index contributed by atoms with van der Waals surface area (Å²) in [6, 6.07) is 3.90. The van der Waals surface area contributed by atoms with Crippen LogP contribution in [-0.4, -0.2) is 28.4 Å². The second-order valence-electron chi connectivity index (χ2n) is 3.36. The Kier molecular flexibility index (Phi) is 2.15. The first kappa shape index (κ1) is 9.64. The van der Waals surface area contributed by atoms with Crippen LogP contribution in [0.25, 0.3) is 0 Å². The first-order chi connectivity index (χ1) is 7.08. The molecule has 0 unspecified atom stereocenters. The lowest BCUT2D eigenvalue weighted by Crippen LogP contribution is -2.29. The van der Waals surface area contributed by atoms with Crippen LogP contribution in [0.2, 0.25) is 0 Å². The molecule has 1 aliphatic rings. The number of hydrogen-bond acceptors (Lipinski definition) is 2. The molecule has 15 heavy (non-hydrogen) atoms. The van der Waals surface area contributed by atoms with Gasteiger partial charge in [0.05, 0.1) is 0 Å². The van der Waals surface area contributed by atoms with Gasteiger partial charge in [0.15, 0.2) is 0 Å². The zero-order valence-electron chi connectivity index (χ0n) is 7.74. The lowest BCUT2D eigenvalue weighted by molar-refractivity contribution is -0.137. The van der Waals surface area contributed by atoms with Gasteiger partial charge >= 0.3 is 5.97 Å². The van der Waals surface area contributed by atoms with Crippen LogP contribution in [0.4, 0.5) is 4.39 Å². The van der Waals surface area contributed by atoms with Crippen LogP contribution in [0.5, 0.6) is 0 Å². The summed E-state index contributed by atoms with van der Waals surface area (Å²) >= 11 is 0. The normalized spacial score (nSPS) is 14.2. The van der Waals surface area contributed by atoms with Crippen molar-refractivity contribution in [2.45, 2.75) is 6.54 Å². The predicted molar refractivity (Wildman–Crippen MR) is 48.8 cm³/mol. The predicted octanol–water partition coefficient (Wildman–Crippen LogP) is 0.866. The quantitative estimate of drug-likeness (QED) is 0.786. The fraction of sp³-hybridized carbons (Fsp3) is 0.200. The summed E-state index contributed by atoms with van der Waals surface area (Å²) in [7, 11) is 0. The van der Waals surface area contributed by atoms with E-state index in [1.807, 2.05) is 0 Å². The van der Waals surface area contributed by atoms with Crippen LogP contribution in [0.15, 0.2) is 18.2 Å². The van der Waals surface area contributed by atoms with Gasteiger partial charge in [-0.1, -0.05) is 6.07 Å². The molecule has 1 aromatic rings. The number of fused-ring (bicyclic) bond motifs is 1. The highest BCUT2D eigenvalue weighted by molar-refractivity contribution is 5.99. The number of carbonyl (C=O) groups excluding carboxylic acids is 1. The number of carboxylic acid groups (broad SMARTS) is 1. The smallest absolute Gasteiger partial charge is 0.323 e. The minimum atomic E-state index is -1.07. The zero-order valence-corrected chi connectivity index (χ0v) is 7.74. The average Bonchev–Trinajstić information content (AvgIpc) is 2.44. The van der Waals surface area contributed by atoms with Crippen molar-refractivity contribution in [1.82, 2.24) is 4.90 Å². The lowest BCUT2D eigenvalue weighted by Gasteiger charge is -2.11. The van der Waals surface area contributed by atoms with E-state index in [1.165, 1.54) is 17.0 Å². The Morgan fingerprint density at radius 3 is 2.93 bits per heavy atom. The fourth-order valence-corrected chi connectivity index (χ4v) is 1.62. The average molecular weight is 209 g/mol. The highest BCUT2D eigenvalue weighted by atomic mass is 19.1. The Hall–Kier alpha value is -1.91. The summed E-state index contributed by atoms with van der Waals surface area (Å²) in [5.74, 6) is -1.98. The van der Waals surface area contributed by atoms with Crippen molar-refractivity contribution in [2.24, 2.45) is 0 Å². The van der Waals surface area contributed by atoms with Gasteiger partial charge in [-0.25, -0.2) is 4.39 Å². The first-order valence-electron chi connectivity index (χ1n) is 4.37. The maximum Gasteiger partial charge on any atom is 0.323 e. The molecule has 0 aliphatic carbocycles. The Morgan fingerprint density at radius 1 is 1.53 bits per heavy atom. The zero-order chi connectivity index (χ0) is 11.0. The largest absolute Gasteiger partial charge is 0.480 e. The van der Waals surface area contributed by atoms with E-state index >= 15 is 0 Å². The number of carbonyl (C=O) groups is 2. The van der Waals surface area contributed by atoms with Crippen molar-refractivity contribution in [2.75, 3.05) is 6.54 Å². The van der Waals surface area contributed by atoms with Crippen LogP contribution in [0.1, 0.15) is 15.9 Å². The van der Waals surface area contributed by atoms with Crippen molar-refractivity contribution in [3.05, 3.63) is 35.1 Å². The number of rotatable bonds is 2. The highest BCUT2D eigenvalue weighted by Gasteiger charge is 2.28. The molecule has 0 fully saturated rings. The van der Waals surface area contributed by atoms with E-state index in [1.54, 1.807) is 0 Å². The summed E-state index contributed by atoms with van der Waals surface area (Å²) in [4.78, 5) is 23.2. The van der Waals surface area contributed by atoms with Crippen molar-refractivity contribution in [1.29, 1.82) is 0 Å². The molecule has 0 radical (unpaired) electrons. The maximum atomic E-state index is 12.8. The molecule has 0 saturated carbocycles. The van der Waals surface area contributed by atoms with Gasteiger partial charge in [-0.3, -0.25) is 9.59 Å². The molecule has 0 spiro atoms. The Bertz CT molecular complexity index is 444. The topological polar surface area (TPSA) is 57.6 Å². The van der Waals surface area contributed by atoms with Gasteiger partial charge in [-0.2, -0.15) is 0 Å². The molecular weight excluding hydrogens is 201 g/mol.